The first-order chi connectivity index (χ1) is 8.99. The summed E-state index contributed by atoms with van der Waals surface area (Å²) in [5.41, 5.74) is 4.59. The third-order valence-corrected chi connectivity index (χ3v) is 3.62. The molecule has 1 heterocycles. The normalized spacial score (nSPS) is 11.3. The van der Waals surface area contributed by atoms with E-state index in [1.165, 1.54) is 11.1 Å². The van der Waals surface area contributed by atoms with Crippen LogP contribution < -0.4 is 5.32 Å². The van der Waals surface area contributed by atoms with Crippen molar-refractivity contribution in [2.75, 3.05) is 0 Å². The van der Waals surface area contributed by atoms with E-state index in [0.29, 0.717) is 6.04 Å². The number of nitrogens with one attached hydrogen (secondary N) is 1. The molecule has 0 bridgehead atoms. The molecule has 2 aromatic rings. The topological polar surface area (TPSA) is 25.2 Å². The summed E-state index contributed by atoms with van der Waals surface area (Å²) in [4.78, 5) is 0. The number of hydrogen-bond donors (Lipinski definition) is 1. The molecular weight excluding hydrogens is 258 g/mol. The van der Waals surface area contributed by atoms with E-state index in [9.17, 15) is 0 Å². The Hall–Kier alpha value is -1.25. The largest absolute Gasteiger partial charge is 0.467 e. The van der Waals surface area contributed by atoms with Gasteiger partial charge in [0.2, 0.25) is 0 Å². The molecule has 0 aliphatic rings. The predicted octanol–water partition coefficient (Wildman–Crippen LogP) is 4.71. The molecule has 3 heteroatoms. The summed E-state index contributed by atoms with van der Waals surface area (Å²) in [5.74, 6) is 0.971. The zero-order chi connectivity index (χ0) is 14.0. The second kappa shape index (κ2) is 5.81. The summed E-state index contributed by atoms with van der Waals surface area (Å²) in [5, 5.41) is 4.20. The van der Waals surface area contributed by atoms with Crippen LogP contribution in [0.1, 0.15) is 30.7 Å². The molecule has 2 nitrogen and oxygen atoms in total. The molecule has 0 fully saturated rings. The van der Waals surface area contributed by atoms with Crippen molar-refractivity contribution < 1.29 is 4.42 Å². The van der Waals surface area contributed by atoms with Crippen molar-refractivity contribution in [3.05, 3.63) is 46.4 Å². The molecule has 0 aliphatic carbocycles. The molecule has 1 N–H and O–H groups in total. The van der Waals surface area contributed by atoms with Gasteiger partial charge in [0.1, 0.15) is 5.76 Å². The van der Waals surface area contributed by atoms with E-state index in [2.05, 4.69) is 32.2 Å². The summed E-state index contributed by atoms with van der Waals surface area (Å²) >= 11 is 6.15. The number of benzene rings is 1. The lowest BCUT2D eigenvalue weighted by molar-refractivity contribution is 0.466. The van der Waals surface area contributed by atoms with Crippen LogP contribution in [0.25, 0.3) is 11.1 Å². The van der Waals surface area contributed by atoms with Crippen molar-refractivity contribution in [3.63, 3.8) is 0 Å². The zero-order valence-electron chi connectivity index (χ0n) is 11.9. The van der Waals surface area contributed by atoms with Crippen LogP contribution in [0.4, 0.5) is 0 Å². The van der Waals surface area contributed by atoms with Crippen molar-refractivity contribution in [2.45, 2.75) is 40.3 Å². The number of rotatable bonds is 4. The van der Waals surface area contributed by atoms with E-state index in [1.54, 1.807) is 6.26 Å². The van der Waals surface area contributed by atoms with E-state index in [-0.39, 0.29) is 0 Å². The van der Waals surface area contributed by atoms with Crippen LogP contribution in [-0.2, 0) is 6.54 Å². The van der Waals surface area contributed by atoms with Gasteiger partial charge < -0.3 is 9.73 Å². The molecule has 19 heavy (non-hydrogen) atoms. The van der Waals surface area contributed by atoms with Gasteiger partial charge in [-0.2, -0.15) is 0 Å². The first-order valence-corrected chi connectivity index (χ1v) is 6.93. The van der Waals surface area contributed by atoms with Crippen molar-refractivity contribution in [1.82, 2.24) is 5.32 Å². The summed E-state index contributed by atoms with van der Waals surface area (Å²) in [6, 6.07) is 6.60. The summed E-state index contributed by atoms with van der Waals surface area (Å²) in [7, 11) is 0. The standard InChI is InChI=1S/C16H20ClNO/c1-10(2)18-9-16-13(5-6-19-16)14-7-12(4)15(17)8-11(14)3/h5-8,10,18H,9H2,1-4H3. The molecule has 0 atom stereocenters. The van der Waals surface area contributed by atoms with Crippen molar-refractivity contribution in [1.29, 1.82) is 0 Å². The summed E-state index contributed by atoms with van der Waals surface area (Å²) in [6.07, 6.45) is 1.75. The lowest BCUT2D eigenvalue weighted by Gasteiger charge is -2.11. The van der Waals surface area contributed by atoms with E-state index in [0.717, 1.165) is 28.5 Å². The van der Waals surface area contributed by atoms with Crippen molar-refractivity contribution >= 4 is 11.6 Å². The molecule has 2 rings (SSSR count). The first kappa shape index (κ1) is 14.2. The molecule has 1 aromatic heterocycles. The van der Waals surface area contributed by atoms with E-state index in [4.69, 9.17) is 16.0 Å². The highest BCUT2D eigenvalue weighted by molar-refractivity contribution is 6.31. The highest BCUT2D eigenvalue weighted by Gasteiger charge is 2.12. The minimum atomic E-state index is 0.436. The lowest BCUT2D eigenvalue weighted by Crippen LogP contribution is -2.21. The summed E-state index contributed by atoms with van der Waals surface area (Å²) in [6.45, 7) is 9.09. The van der Waals surface area contributed by atoms with E-state index >= 15 is 0 Å². The number of halogens is 1. The van der Waals surface area contributed by atoms with E-state index in [1.807, 2.05) is 19.1 Å². The molecule has 102 valence electrons. The fraction of sp³-hybridized carbons (Fsp3) is 0.375. The van der Waals surface area contributed by atoms with Crippen LogP contribution in [0, 0.1) is 13.8 Å². The van der Waals surface area contributed by atoms with Crippen LogP contribution in [0.3, 0.4) is 0 Å². The Morgan fingerprint density at radius 1 is 1.16 bits per heavy atom. The highest BCUT2D eigenvalue weighted by Crippen LogP contribution is 2.31. The predicted molar refractivity (Wildman–Crippen MR) is 80.6 cm³/mol. The fourth-order valence-corrected chi connectivity index (χ4v) is 2.30. The molecule has 1 aromatic carbocycles. The van der Waals surface area contributed by atoms with Crippen LogP contribution in [0.2, 0.25) is 5.02 Å². The Labute approximate surface area is 119 Å². The van der Waals surface area contributed by atoms with Gasteiger partial charge in [-0.05, 0) is 48.7 Å². The third-order valence-electron chi connectivity index (χ3n) is 3.21. The minimum Gasteiger partial charge on any atom is -0.467 e. The van der Waals surface area contributed by atoms with Gasteiger partial charge in [0.05, 0.1) is 12.8 Å². The number of aryl methyl sites for hydroxylation is 2. The van der Waals surface area contributed by atoms with Gasteiger partial charge in [-0.1, -0.05) is 25.4 Å². The molecule has 0 spiro atoms. The van der Waals surface area contributed by atoms with Crippen LogP contribution in [0.5, 0.6) is 0 Å². The lowest BCUT2D eigenvalue weighted by atomic mass is 9.98. The number of furan rings is 1. The molecule has 0 radical (unpaired) electrons. The maximum Gasteiger partial charge on any atom is 0.125 e. The second-order valence-corrected chi connectivity index (χ2v) is 5.62. The van der Waals surface area contributed by atoms with Gasteiger partial charge in [-0.25, -0.2) is 0 Å². The SMILES string of the molecule is Cc1cc(-c2ccoc2CNC(C)C)c(C)cc1Cl. The van der Waals surface area contributed by atoms with Crippen LogP contribution in [-0.4, -0.2) is 6.04 Å². The zero-order valence-corrected chi connectivity index (χ0v) is 12.6. The molecule has 0 amide bonds. The Morgan fingerprint density at radius 2 is 1.89 bits per heavy atom. The van der Waals surface area contributed by atoms with Gasteiger partial charge in [0, 0.05) is 16.6 Å². The maximum absolute atomic E-state index is 6.15. The Kier molecular flexibility index (Phi) is 4.33. The van der Waals surface area contributed by atoms with E-state index < -0.39 is 0 Å². The van der Waals surface area contributed by atoms with Gasteiger partial charge in [-0.3, -0.25) is 0 Å². The average Bonchev–Trinajstić information content (AvgIpc) is 2.79. The van der Waals surface area contributed by atoms with Crippen LogP contribution >= 0.6 is 11.6 Å². The van der Waals surface area contributed by atoms with Crippen LogP contribution in [0.15, 0.2) is 28.9 Å². The Morgan fingerprint density at radius 3 is 2.58 bits per heavy atom. The maximum atomic E-state index is 6.15. The first-order valence-electron chi connectivity index (χ1n) is 6.56. The molecule has 0 aliphatic heterocycles. The molecule has 0 saturated carbocycles. The molecule has 0 unspecified atom stereocenters. The van der Waals surface area contributed by atoms with Crippen molar-refractivity contribution in [2.24, 2.45) is 0 Å². The number of hydrogen-bond acceptors (Lipinski definition) is 2. The monoisotopic (exact) mass is 277 g/mol. The van der Waals surface area contributed by atoms with Gasteiger partial charge >= 0.3 is 0 Å². The highest BCUT2D eigenvalue weighted by atomic mass is 35.5. The van der Waals surface area contributed by atoms with Crippen molar-refractivity contribution in [3.8, 4) is 11.1 Å². The smallest absolute Gasteiger partial charge is 0.125 e. The molecule has 0 saturated heterocycles. The minimum absolute atomic E-state index is 0.436. The fourth-order valence-electron chi connectivity index (χ4n) is 2.09. The van der Waals surface area contributed by atoms with Gasteiger partial charge in [0.15, 0.2) is 0 Å². The van der Waals surface area contributed by atoms with Gasteiger partial charge in [-0.15, -0.1) is 0 Å². The summed E-state index contributed by atoms with van der Waals surface area (Å²) < 4.78 is 5.60. The molecular formula is C16H20ClNO. The Balaban J connectivity index is 2.37. The Bertz CT molecular complexity index is 572. The quantitative estimate of drug-likeness (QED) is 0.875. The third kappa shape index (κ3) is 3.20. The van der Waals surface area contributed by atoms with Gasteiger partial charge in [0.25, 0.3) is 0 Å². The second-order valence-electron chi connectivity index (χ2n) is 5.21. The average molecular weight is 278 g/mol.